The molecule has 0 amide bonds. The van der Waals surface area contributed by atoms with Crippen molar-refractivity contribution in [1.29, 1.82) is 0 Å². The zero-order chi connectivity index (χ0) is 12.3. The largest absolute Gasteiger partial charge is 0.573 e. The number of para-hydroxylation sites is 1. The SMILES string of the molecule is CCc1cccc(C(=O)Cl)c1OC(F)(F)F. The smallest absolute Gasteiger partial charge is 0.405 e. The fourth-order valence-electron chi connectivity index (χ4n) is 1.25. The predicted molar refractivity (Wildman–Crippen MR) is 52.7 cm³/mol. The quantitative estimate of drug-likeness (QED) is 0.770. The van der Waals surface area contributed by atoms with Crippen molar-refractivity contribution < 1.29 is 22.7 Å². The van der Waals surface area contributed by atoms with E-state index in [1.807, 2.05) is 0 Å². The van der Waals surface area contributed by atoms with Crippen molar-refractivity contribution in [1.82, 2.24) is 0 Å². The molecule has 0 aliphatic rings. The summed E-state index contributed by atoms with van der Waals surface area (Å²) in [4.78, 5) is 10.9. The third-order valence-electron chi connectivity index (χ3n) is 1.91. The van der Waals surface area contributed by atoms with Crippen molar-refractivity contribution in [3.05, 3.63) is 29.3 Å². The van der Waals surface area contributed by atoms with Gasteiger partial charge in [-0.15, -0.1) is 13.2 Å². The molecule has 0 N–H and O–H groups in total. The summed E-state index contributed by atoms with van der Waals surface area (Å²) in [7, 11) is 0. The molecule has 0 spiro atoms. The number of rotatable bonds is 3. The molecular formula is C10H8ClF3O2. The van der Waals surface area contributed by atoms with E-state index in [-0.39, 0.29) is 11.1 Å². The number of benzene rings is 1. The van der Waals surface area contributed by atoms with Crippen LogP contribution in [0.15, 0.2) is 18.2 Å². The van der Waals surface area contributed by atoms with Crippen LogP contribution in [0.1, 0.15) is 22.8 Å². The van der Waals surface area contributed by atoms with Crippen molar-refractivity contribution in [3.8, 4) is 5.75 Å². The van der Waals surface area contributed by atoms with Gasteiger partial charge in [0.15, 0.2) is 0 Å². The Morgan fingerprint density at radius 2 is 2.06 bits per heavy atom. The van der Waals surface area contributed by atoms with Crippen LogP contribution in [0.3, 0.4) is 0 Å². The molecule has 2 nitrogen and oxygen atoms in total. The molecule has 0 aliphatic carbocycles. The van der Waals surface area contributed by atoms with Crippen LogP contribution in [0.25, 0.3) is 0 Å². The van der Waals surface area contributed by atoms with Crippen LogP contribution in [0.2, 0.25) is 0 Å². The standard InChI is InChI=1S/C10H8ClF3O2/c1-2-6-4-3-5-7(9(11)15)8(6)16-10(12,13)14/h3-5H,2H2,1H3. The molecule has 0 unspecified atom stereocenters. The van der Waals surface area contributed by atoms with E-state index in [0.29, 0.717) is 6.42 Å². The summed E-state index contributed by atoms with van der Waals surface area (Å²) in [6.07, 6.45) is -4.53. The summed E-state index contributed by atoms with van der Waals surface area (Å²) in [6, 6.07) is 4.09. The topological polar surface area (TPSA) is 26.3 Å². The van der Waals surface area contributed by atoms with Crippen LogP contribution in [0, 0.1) is 0 Å². The number of aryl methyl sites for hydroxylation is 1. The first-order chi connectivity index (χ1) is 7.35. The maximum absolute atomic E-state index is 12.1. The molecule has 0 aromatic heterocycles. The van der Waals surface area contributed by atoms with E-state index in [4.69, 9.17) is 11.6 Å². The Kier molecular flexibility index (Phi) is 3.80. The van der Waals surface area contributed by atoms with Gasteiger partial charge in [-0.05, 0) is 29.7 Å². The maximum atomic E-state index is 12.1. The molecule has 0 heterocycles. The molecule has 16 heavy (non-hydrogen) atoms. The number of hydrogen-bond donors (Lipinski definition) is 0. The third kappa shape index (κ3) is 3.13. The van der Waals surface area contributed by atoms with E-state index < -0.39 is 17.4 Å². The van der Waals surface area contributed by atoms with Crippen LogP contribution in [-0.2, 0) is 6.42 Å². The molecule has 0 saturated carbocycles. The molecule has 0 radical (unpaired) electrons. The molecule has 6 heteroatoms. The first-order valence-corrected chi connectivity index (χ1v) is 4.80. The van der Waals surface area contributed by atoms with Gasteiger partial charge in [0.25, 0.3) is 5.24 Å². The highest BCUT2D eigenvalue weighted by Crippen LogP contribution is 2.31. The Morgan fingerprint density at radius 1 is 1.44 bits per heavy atom. The van der Waals surface area contributed by atoms with Crippen molar-refractivity contribution in [2.45, 2.75) is 19.7 Å². The van der Waals surface area contributed by atoms with Crippen LogP contribution in [0.5, 0.6) is 5.75 Å². The summed E-state index contributed by atoms with van der Waals surface area (Å²) >= 11 is 5.18. The Balaban J connectivity index is 3.25. The minimum Gasteiger partial charge on any atom is -0.405 e. The summed E-state index contributed by atoms with van der Waals surface area (Å²) in [5.74, 6) is -0.516. The lowest BCUT2D eigenvalue weighted by Gasteiger charge is -2.14. The Morgan fingerprint density at radius 3 is 2.50 bits per heavy atom. The van der Waals surface area contributed by atoms with E-state index >= 15 is 0 Å². The minimum atomic E-state index is -4.84. The average Bonchev–Trinajstić information content (AvgIpc) is 2.15. The summed E-state index contributed by atoms with van der Waals surface area (Å²) < 4.78 is 40.2. The van der Waals surface area contributed by atoms with Crippen LogP contribution in [0.4, 0.5) is 13.2 Å². The van der Waals surface area contributed by atoms with Gasteiger partial charge in [0.2, 0.25) is 0 Å². The second kappa shape index (κ2) is 4.74. The van der Waals surface area contributed by atoms with Gasteiger partial charge in [-0.25, -0.2) is 0 Å². The van der Waals surface area contributed by atoms with Gasteiger partial charge in [0, 0.05) is 0 Å². The summed E-state index contributed by atoms with van der Waals surface area (Å²) in [5, 5.41) is -0.977. The summed E-state index contributed by atoms with van der Waals surface area (Å²) in [6.45, 7) is 1.65. The highest BCUT2D eigenvalue weighted by molar-refractivity contribution is 6.68. The van der Waals surface area contributed by atoms with E-state index in [2.05, 4.69) is 4.74 Å². The molecule has 0 saturated heterocycles. The highest BCUT2D eigenvalue weighted by Gasteiger charge is 2.33. The van der Waals surface area contributed by atoms with E-state index in [1.54, 1.807) is 6.92 Å². The van der Waals surface area contributed by atoms with Gasteiger partial charge in [-0.1, -0.05) is 19.1 Å². The molecular weight excluding hydrogens is 245 g/mol. The molecule has 1 rings (SSSR count). The van der Waals surface area contributed by atoms with Gasteiger partial charge in [0.05, 0.1) is 5.56 Å². The predicted octanol–water partition coefficient (Wildman–Crippen LogP) is 3.53. The lowest BCUT2D eigenvalue weighted by Crippen LogP contribution is -2.19. The van der Waals surface area contributed by atoms with Gasteiger partial charge in [0.1, 0.15) is 5.75 Å². The number of ether oxygens (including phenoxy) is 1. The van der Waals surface area contributed by atoms with Gasteiger partial charge >= 0.3 is 6.36 Å². The zero-order valence-corrected chi connectivity index (χ0v) is 9.02. The second-order valence-corrected chi connectivity index (χ2v) is 3.31. The maximum Gasteiger partial charge on any atom is 0.573 e. The zero-order valence-electron chi connectivity index (χ0n) is 8.27. The van der Waals surface area contributed by atoms with E-state index in [1.165, 1.54) is 18.2 Å². The van der Waals surface area contributed by atoms with E-state index in [9.17, 15) is 18.0 Å². The fraction of sp³-hybridized carbons (Fsp3) is 0.300. The molecule has 88 valence electrons. The number of hydrogen-bond acceptors (Lipinski definition) is 2. The lowest BCUT2D eigenvalue weighted by molar-refractivity contribution is -0.275. The van der Waals surface area contributed by atoms with Crippen LogP contribution >= 0.6 is 11.6 Å². The number of alkyl halides is 3. The molecule has 0 aliphatic heterocycles. The Bertz CT molecular complexity index is 402. The minimum absolute atomic E-state index is 0.279. The molecule has 0 fully saturated rings. The van der Waals surface area contributed by atoms with Crippen molar-refractivity contribution in [2.24, 2.45) is 0 Å². The monoisotopic (exact) mass is 252 g/mol. The van der Waals surface area contributed by atoms with Crippen LogP contribution < -0.4 is 4.74 Å². The molecule has 0 atom stereocenters. The second-order valence-electron chi connectivity index (χ2n) is 2.97. The Labute approximate surface area is 95.0 Å². The first kappa shape index (κ1) is 12.8. The molecule has 1 aromatic rings. The highest BCUT2D eigenvalue weighted by atomic mass is 35.5. The van der Waals surface area contributed by atoms with Crippen molar-refractivity contribution in [3.63, 3.8) is 0 Å². The van der Waals surface area contributed by atoms with E-state index in [0.717, 1.165) is 0 Å². The van der Waals surface area contributed by atoms with Crippen LogP contribution in [-0.4, -0.2) is 11.6 Å². The fourth-order valence-corrected chi connectivity index (χ4v) is 1.40. The molecule has 1 aromatic carbocycles. The van der Waals surface area contributed by atoms with Gasteiger partial charge < -0.3 is 4.74 Å². The van der Waals surface area contributed by atoms with Crippen molar-refractivity contribution in [2.75, 3.05) is 0 Å². The third-order valence-corrected chi connectivity index (χ3v) is 2.11. The molecule has 0 bridgehead atoms. The summed E-state index contributed by atoms with van der Waals surface area (Å²) in [5.41, 5.74) is 0.00201. The number of carbonyl (C=O) groups is 1. The first-order valence-electron chi connectivity index (χ1n) is 4.42. The van der Waals surface area contributed by atoms with Gasteiger partial charge in [-0.2, -0.15) is 0 Å². The number of carbonyl (C=O) groups excluding carboxylic acids is 1. The Hall–Kier alpha value is -1.23. The van der Waals surface area contributed by atoms with Crippen molar-refractivity contribution >= 4 is 16.8 Å². The lowest BCUT2D eigenvalue weighted by atomic mass is 10.1. The normalized spacial score (nSPS) is 11.3. The average molecular weight is 253 g/mol. The van der Waals surface area contributed by atoms with Gasteiger partial charge in [-0.3, -0.25) is 4.79 Å². The number of halogens is 4.